The first-order chi connectivity index (χ1) is 8.49. The molecule has 0 aliphatic heterocycles. The minimum absolute atomic E-state index is 0.0723. The predicted octanol–water partition coefficient (Wildman–Crippen LogP) is 1.16. The van der Waals surface area contributed by atoms with Gasteiger partial charge in [0.2, 0.25) is 11.8 Å². The van der Waals surface area contributed by atoms with Crippen LogP contribution >= 0.6 is 15.9 Å². The van der Waals surface area contributed by atoms with Gasteiger partial charge in [-0.15, -0.1) is 0 Å². The Hall–Kier alpha value is -1.56. The fraction of sp³-hybridized carbons (Fsp3) is 0.333. The van der Waals surface area contributed by atoms with Crippen molar-refractivity contribution in [1.82, 2.24) is 4.90 Å². The number of carbonyl (C=O) groups excluding carboxylic acids is 2. The summed E-state index contributed by atoms with van der Waals surface area (Å²) in [4.78, 5) is 23.5. The Kier molecular flexibility index (Phi) is 5.64. The molecule has 18 heavy (non-hydrogen) atoms. The van der Waals surface area contributed by atoms with Gasteiger partial charge < -0.3 is 15.4 Å². The zero-order chi connectivity index (χ0) is 13.5. The normalized spacial score (nSPS) is 9.89. The molecule has 0 heterocycles. The second-order valence-corrected chi connectivity index (χ2v) is 4.68. The van der Waals surface area contributed by atoms with Gasteiger partial charge >= 0.3 is 0 Å². The van der Waals surface area contributed by atoms with Crippen molar-refractivity contribution in [2.75, 3.05) is 20.2 Å². The van der Waals surface area contributed by atoms with Crippen LogP contribution in [0.2, 0.25) is 0 Å². The lowest BCUT2D eigenvalue weighted by Crippen LogP contribution is -2.35. The van der Waals surface area contributed by atoms with E-state index in [4.69, 9.17) is 10.5 Å². The molecule has 0 saturated heterocycles. The number of nitrogens with two attached hydrogens (primary N) is 1. The highest BCUT2D eigenvalue weighted by atomic mass is 79.9. The number of rotatable bonds is 6. The fourth-order valence-electron chi connectivity index (χ4n) is 1.30. The Balaban J connectivity index is 2.31. The van der Waals surface area contributed by atoms with Gasteiger partial charge in [0.1, 0.15) is 5.75 Å². The number of nitrogens with zero attached hydrogens (tertiary/aromatic N) is 1. The number of carbonyl (C=O) groups is 2. The van der Waals surface area contributed by atoms with Gasteiger partial charge in [0.15, 0.2) is 0 Å². The third kappa shape index (κ3) is 5.18. The van der Waals surface area contributed by atoms with Crippen molar-refractivity contribution in [3.63, 3.8) is 0 Å². The molecule has 0 aliphatic carbocycles. The number of halogens is 1. The number of ether oxygens (including phenoxy) is 1. The first-order valence-corrected chi connectivity index (χ1v) is 6.19. The summed E-state index contributed by atoms with van der Waals surface area (Å²) in [6.45, 7) is 0.195. The van der Waals surface area contributed by atoms with Crippen LogP contribution in [0, 0.1) is 0 Å². The number of hydrogen-bond donors (Lipinski definition) is 1. The van der Waals surface area contributed by atoms with Gasteiger partial charge in [-0.1, -0.05) is 15.9 Å². The van der Waals surface area contributed by atoms with Gasteiger partial charge in [-0.2, -0.15) is 0 Å². The summed E-state index contributed by atoms with van der Waals surface area (Å²) in [5.41, 5.74) is 5.00. The lowest BCUT2D eigenvalue weighted by Gasteiger charge is -2.15. The number of primary amides is 1. The quantitative estimate of drug-likeness (QED) is 0.856. The SMILES string of the molecule is CN(CC(N)=O)C(=O)CCOc1ccc(Br)cc1. The van der Waals surface area contributed by atoms with Crippen molar-refractivity contribution in [1.29, 1.82) is 0 Å². The molecule has 5 nitrogen and oxygen atoms in total. The smallest absolute Gasteiger partial charge is 0.237 e. The number of likely N-dealkylation sites (N-methyl/N-ethyl adjacent to an activating group) is 1. The number of hydrogen-bond acceptors (Lipinski definition) is 3. The average Bonchev–Trinajstić information content (AvgIpc) is 2.30. The van der Waals surface area contributed by atoms with E-state index in [2.05, 4.69) is 15.9 Å². The molecular formula is C12H15BrN2O3. The lowest BCUT2D eigenvalue weighted by atomic mass is 10.3. The Bertz CT molecular complexity index is 420. The van der Waals surface area contributed by atoms with Crippen molar-refractivity contribution in [3.05, 3.63) is 28.7 Å². The van der Waals surface area contributed by atoms with Crippen molar-refractivity contribution >= 4 is 27.7 Å². The van der Waals surface area contributed by atoms with Crippen molar-refractivity contribution in [2.24, 2.45) is 5.73 Å². The van der Waals surface area contributed by atoms with E-state index >= 15 is 0 Å². The second-order valence-electron chi connectivity index (χ2n) is 3.77. The van der Waals surface area contributed by atoms with Crippen LogP contribution in [0.15, 0.2) is 28.7 Å². The van der Waals surface area contributed by atoms with Crippen molar-refractivity contribution < 1.29 is 14.3 Å². The lowest BCUT2D eigenvalue weighted by molar-refractivity contribution is -0.134. The van der Waals surface area contributed by atoms with Crippen LogP contribution < -0.4 is 10.5 Å². The molecule has 1 aromatic carbocycles. The van der Waals surface area contributed by atoms with Crippen LogP contribution in [-0.4, -0.2) is 36.9 Å². The fourth-order valence-corrected chi connectivity index (χ4v) is 1.56. The number of amides is 2. The first-order valence-electron chi connectivity index (χ1n) is 5.39. The molecule has 6 heteroatoms. The maximum absolute atomic E-state index is 11.6. The van der Waals surface area contributed by atoms with Gasteiger partial charge in [-0.05, 0) is 24.3 Å². The minimum Gasteiger partial charge on any atom is -0.493 e. The monoisotopic (exact) mass is 314 g/mol. The first kappa shape index (κ1) is 14.5. The van der Waals surface area contributed by atoms with Crippen molar-refractivity contribution in [2.45, 2.75) is 6.42 Å². The molecule has 2 amide bonds. The summed E-state index contributed by atoms with van der Waals surface area (Å²) in [5.74, 6) is -0.00542. The van der Waals surface area contributed by atoms with Crippen molar-refractivity contribution in [3.8, 4) is 5.75 Å². The largest absolute Gasteiger partial charge is 0.493 e. The van der Waals surface area contributed by atoms with Crippen LogP contribution in [0.4, 0.5) is 0 Å². The minimum atomic E-state index is -0.528. The molecular weight excluding hydrogens is 300 g/mol. The van der Waals surface area contributed by atoms with E-state index in [0.717, 1.165) is 4.47 Å². The van der Waals surface area contributed by atoms with E-state index in [0.29, 0.717) is 5.75 Å². The average molecular weight is 315 g/mol. The zero-order valence-electron chi connectivity index (χ0n) is 10.1. The molecule has 2 N–H and O–H groups in total. The summed E-state index contributed by atoms with van der Waals surface area (Å²) in [6.07, 6.45) is 0.208. The van der Waals surface area contributed by atoms with E-state index in [9.17, 15) is 9.59 Å². The topological polar surface area (TPSA) is 72.6 Å². The summed E-state index contributed by atoms with van der Waals surface area (Å²) >= 11 is 3.32. The molecule has 0 bridgehead atoms. The summed E-state index contributed by atoms with van der Waals surface area (Å²) in [5, 5.41) is 0. The molecule has 98 valence electrons. The van der Waals surface area contributed by atoms with E-state index in [1.165, 1.54) is 11.9 Å². The van der Waals surface area contributed by atoms with E-state index in [-0.39, 0.29) is 25.5 Å². The Morgan fingerprint density at radius 2 is 1.94 bits per heavy atom. The van der Waals surface area contributed by atoms with Gasteiger partial charge in [-0.25, -0.2) is 0 Å². The highest BCUT2D eigenvalue weighted by Gasteiger charge is 2.10. The van der Waals surface area contributed by atoms with Gasteiger partial charge in [-0.3, -0.25) is 9.59 Å². The molecule has 0 spiro atoms. The van der Waals surface area contributed by atoms with Gasteiger partial charge in [0, 0.05) is 11.5 Å². The van der Waals surface area contributed by atoms with Crippen LogP contribution in [-0.2, 0) is 9.59 Å². The molecule has 1 aromatic rings. The van der Waals surface area contributed by atoms with Crippen LogP contribution in [0.1, 0.15) is 6.42 Å². The van der Waals surface area contributed by atoms with Crippen LogP contribution in [0.3, 0.4) is 0 Å². The Labute approximate surface area is 114 Å². The van der Waals surface area contributed by atoms with E-state index in [1.807, 2.05) is 24.3 Å². The third-order valence-corrected chi connectivity index (χ3v) is 2.75. The second kappa shape index (κ2) is 7.00. The third-order valence-electron chi connectivity index (χ3n) is 2.22. The molecule has 0 fully saturated rings. The van der Waals surface area contributed by atoms with E-state index < -0.39 is 5.91 Å². The summed E-state index contributed by atoms with van der Waals surface area (Å²) in [7, 11) is 1.53. The van der Waals surface area contributed by atoms with Gasteiger partial charge in [0.25, 0.3) is 0 Å². The van der Waals surface area contributed by atoms with Crippen LogP contribution in [0.25, 0.3) is 0 Å². The Morgan fingerprint density at radius 1 is 1.33 bits per heavy atom. The van der Waals surface area contributed by atoms with E-state index in [1.54, 1.807) is 0 Å². The number of benzene rings is 1. The summed E-state index contributed by atoms with van der Waals surface area (Å²) < 4.78 is 6.37. The highest BCUT2D eigenvalue weighted by molar-refractivity contribution is 9.10. The standard InChI is InChI=1S/C12H15BrN2O3/c1-15(8-11(14)16)12(17)6-7-18-10-4-2-9(13)3-5-10/h2-5H,6-8H2,1H3,(H2,14,16). The van der Waals surface area contributed by atoms with Gasteiger partial charge in [0.05, 0.1) is 19.6 Å². The maximum atomic E-state index is 11.6. The zero-order valence-corrected chi connectivity index (χ0v) is 11.6. The summed E-state index contributed by atoms with van der Waals surface area (Å²) in [6, 6.07) is 7.33. The molecule has 0 atom stereocenters. The molecule has 0 aliphatic rings. The maximum Gasteiger partial charge on any atom is 0.237 e. The Morgan fingerprint density at radius 3 is 2.50 bits per heavy atom. The molecule has 0 saturated carbocycles. The molecule has 0 unspecified atom stereocenters. The molecule has 0 radical (unpaired) electrons. The molecule has 1 rings (SSSR count). The highest BCUT2D eigenvalue weighted by Crippen LogP contribution is 2.16. The predicted molar refractivity (Wildman–Crippen MR) is 71.1 cm³/mol. The molecule has 0 aromatic heterocycles. The van der Waals surface area contributed by atoms with Crippen LogP contribution in [0.5, 0.6) is 5.75 Å².